The van der Waals surface area contributed by atoms with E-state index in [9.17, 15) is 9.59 Å². The molecule has 0 amide bonds. The van der Waals surface area contributed by atoms with Crippen LogP contribution in [-0.2, 0) is 6.54 Å². The molecule has 1 N–H and O–H groups in total. The number of carbonyl (C=O) groups is 1. The first-order chi connectivity index (χ1) is 8.99. The van der Waals surface area contributed by atoms with Gasteiger partial charge in [-0.25, -0.2) is 9.78 Å². The standard InChI is InChI=1S/C13H11BrN2O3/c1-8-15-6-11(14)12(17)16(8)7-9-2-4-10(5-3-9)13(18)19/h2-6H,7H2,1H3,(H,18,19). The number of rotatable bonds is 3. The van der Waals surface area contributed by atoms with E-state index < -0.39 is 5.97 Å². The van der Waals surface area contributed by atoms with Gasteiger partial charge in [0.05, 0.1) is 12.1 Å². The van der Waals surface area contributed by atoms with Crippen LogP contribution in [0.3, 0.4) is 0 Å². The molecule has 0 radical (unpaired) electrons. The van der Waals surface area contributed by atoms with Gasteiger partial charge in [-0.05, 0) is 40.5 Å². The summed E-state index contributed by atoms with van der Waals surface area (Å²) in [7, 11) is 0. The Morgan fingerprint density at radius 1 is 1.37 bits per heavy atom. The highest BCUT2D eigenvalue weighted by molar-refractivity contribution is 9.10. The van der Waals surface area contributed by atoms with Crippen LogP contribution in [0.25, 0.3) is 0 Å². The Kier molecular flexibility index (Phi) is 3.80. The van der Waals surface area contributed by atoms with Gasteiger partial charge in [0.1, 0.15) is 10.3 Å². The SMILES string of the molecule is Cc1ncc(Br)c(=O)n1Cc1ccc(C(=O)O)cc1. The number of hydrogen-bond donors (Lipinski definition) is 1. The summed E-state index contributed by atoms with van der Waals surface area (Å²) in [5, 5.41) is 8.82. The molecule has 0 bridgehead atoms. The Labute approximate surface area is 117 Å². The van der Waals surface area contributed by atoms with E-state index >= 15 is 0 Å². The molecule has 0 atom stereocenters. The van der Waals surface area contributed by atoms with Crippen LogP contribution in [-0.4, -0.2) is 20.6 Å². The average molecular weight is 323 g/mol. The molecule has 5 nitrogen and oxygen atoms in total. The van der Waals surface area contributed by atoms with E-state index in [2.05, 4.69) is 20.9 Å². The Bertz CT molecular complexity index is 677. The smallest absolute Gasteiger partial charge is 0.335 e. The van der Waals surface area contributed by atoms with Crippen molar-refractivity contribution in [3.8, 4) is 0 Å². The molecular formula is C13H11BrN2O3. The molecule has 0 aliphatic rings. The maximum atomic E-state index is 12.0. The molecule has 0 fully saturated rings. The number of benzene rings is 1. The summed E-state index contributed by atoms with van der Waals surface area (Å²) >= 11 is 3.15. The monoisotopic (exact) mass is 322 g/mol. The number of nitrogens with zero attached hydrogens (tertiary/aromatic N) is 2. The number of aryl methyl sites for hydroxylation is 1. The summed E-state index contributed by atoms with van der Waals surface area (Å²) in [6, 6.07) is 6.42. The summed E-state index contributed by atoms with van der Waals surface area (Å²) in [4.78, 5) is 26.8. The lowest BCUT2D eigenvalue weighted by atomic mass is 10.1. The first-order valence-electron chi connectivity index (χ1n) is 5.53. The maximum Gasteiger partial charge on any atom is 0.335 e. The summed E-state index contributed by atoms with van der Waals surface area (Å²) < 4.78 is 1.93. The van der Waals surface area contributed by atoms with E-state index in [1.165, 1.54) is 22.9 Å². The molecule has 6 heteroatoms. The third-order valence-corrected chi connectivity index (χ3v) is 3.29. The fourth-order valence-corrected chi connectivity index (χ4v) is 1.99. The van der Waals surface area contributed by atoms with E-state index in [-0.39, 0.29) is 11.1 Å². The Morgan fingerprint density at radius 2 is 2.00 bits per heavy atom. The minimum Gasteiger partial charge on any atom is -0.478 e. The third-order valence-electron chi connectivity index (χ3n) is 2.75. The molecule has 0 aliphatic heterocycles. The highest BCUT2D eigenvalue weighted by Gasteiger charge is 2.07. The lowest BCUT2D eigenvalue weighted by molar-refractivity contribution is 0.0697. The van der Waals surface area contributed by atoms with Crippen molar-refractivity contribution in [1.29, 1.82) is 0 Å². The summed E-state index contributed by atoms with van der Waals surface area (Å²) in [5.74, 6) is -0.362. The van der Waals surface area contributed by atoms with Gasteiger partial charge in [-0.2, -0.15) is 0 Å². The summed E-state index contributed by atoms with van der Waals surface area (Å²) in [6.07, 6.45) is 1.47. The Hall–Kier alpha value is -1.95. The Balaban J connectivity index is 2.34. The minimum atomic E-state index is -0.969. The lowest BCUT2D eigenvalue weighted by Gasteiger charge is -2.09. The van der Waals surface area contributed by atoms with Crippen molar-refractivity contribution in [1.82, 2.24) is 9.55 Å². The van der Waals surface area contributed by atoms with E-state index in [0.717, 1.165) is 5.56 Å². The van der Waals surface area contributed by atoms with Gasteiger partial charge < -0.3 is 5.11 Å². The Morgan fingerprint density at radius 3 is 2.58 bits per heavy atom. The fourth-order valence-electron chi connectivity index (χ4n) is 1.67. The number of carboxylic acid groups (broad SMARTS) is 1. The van der Waals surface area contributed by atoms with Gasteiger partial charge in [-0.15, -0.1) is 0 Å². The van der Waals surface area contributed by atoms with Crippen molar-refractivity contribution < 1.29 is 9.90 Å². The van der Waals surface area contributed by atoms with Crippen LogP contribution < -0.4 is 5.56 Å². The zero-order chi connectivity index (χ0) is 14.0. The molecule has 19 heavy (non-hydrogen) atoms. The van der Waals surface area contributed by atoms with Crippen LogP contribution in [0.5, 0.6) is 0 Å². The van der Waals surface area contributed by atoms with E-state index in [4.69, 9.17) is 5.11 Å². The summed E-state index contributed by atoms with van der Waals surface area (Å²) in [6.45, 7) is 2.11. The zero-order valence-corrected chi connectivity index (χ0v) is 11.7. The first kappa shape index (κ1) is 13.5. The van der Waals surface area contributed by atoms with Crippen LogP contribution in [0.2, 0.25) is 0 Å². The number of aromatic carboxylic acids is 1. The second-order valence-corrected chi connectivity index (χ2v) is 4.90. The molecule has 98 valence electrons. The lowest BCUT2D eigenvalue weighted by Crippen LogP contribution is -2.24. The second kappa shape index (κ2) is 5.36. The molecular weight excluding hydrogens is 312 g/mol. The molecule has 1 aromatic heterocycles. The van der Waals surface area contributed by atoms with Crippen LogP contribution >= 0.6 is 15.9 Å². The molecule has 0 saturated carbocycles. The molecule has 0 unspecified atom stereocenters. The van der Waals surface area contributed by atoms with E-state index in [0.29, 0.717) is 16.8 Å². The van der Waals surface area contributed by atoms with Crippen molar-refractivity contribution in [2.45, 2.75) is 13.5 Å². The van der Waals surface area contributed by atoms with Crippen molar-refractivity contribution in [2.24, 2.45) is 0 Å². The molecule has 1 heterocycles. The van der Waals surface area contributed by atoms with Crippen molar-refractivity contribution in [3.63, 3.8) is 0 Å². The largest absolute Gasteiger partial charge is 0.478 e. The number of aromatic nitrogens is 2. The second-order valence-electron chi connectivity index (χ2n) is 4.05. The number of halogens is 1. The summed E-state index contributed by atoms with van der Waals surface area (Å²) in [5.41, 5.74) is 0.907. The zero-order valence-electron chi connectivity index (χ0n) is 10.1. The van der Waals surface area contributed by atoms with Crippen LogP contribution in [0.15, 0.2) is 39.7 Å². The predicted octanol–water partition coefficient (Wildman–Crippen LogP) is 2.06. The number of carboxylic acids is 1. The van der Waals surface area contributed by atoms with Crippen molar-refractivity contribution >= 4 is 21.9 Å². The van der Waals surface area contributed by atoms with Gasteiger partial charge in [0, 0.05) is 6.20 Å². The number of hydrogen-bond acceptors (Lipinski definition) is 3. The van der Waals surface area contributed by atoms with Gasteiger partial charge in [0.2, 0.25) is 0 Å². The molecule has 2 rings (SSSR count). The first-order valence-corrected chi connectivity index (χ1v) is 6.32. The van der Waals surface area contributed by atoms with Crippen molar-refractivity contribution in [3.05, 3.63) is 62.2 Å². The molecule has 2 aromatic rings. The highest BCUT2D eigenvalue weighted by Crippen LogP contribution is 2.08. The van der Waals surface area contributed by atoms with Crippen LogP contribution in [0.1, 0.15) is 21.7 Å². The van der Waals surface area contributed by atoms with Gasteiger partial charge in [0.25, 0.3) is 5.56 Å². The van der Waals surface area contributed by atoms with E-state index in [1.807, 2.05) is 0 Å². The average Bonchev–Trinajstić information content (AvgIpc) is 2.40. The van der Waals surface area contributed by atoms with Gasteiger partial charge >= 0.3 is 5.97 Å². The molecule has 0 aliphatic carbocycles. The highest BCUT2D eigenvalue weighted by atomic mass is 79.9. The fraction of sp³-hybridized carbons (Fsp3) is 0.154. The molecule has 0 saturated heterocycles. The van der Waals surface area contributed by atoms with E-state index in [1.54, 1.807) is 19.1 Å². The maximum absolute atomic E-state index is 12.0. The van der Waals surface area contributed by atoms with Crippen molar-refractivity contribution in [2.75, 3.05) is 0 Å². The third kappa shape index (κ3) is 2.90. The molecule has 1 aromatic carbocycles. The van der Waals surface area contributed by atoms with Gasteiger partial charge in [-0.3, -0.25) is 9.36 Å². The van der Waals surface area contributed by atoms with Gasteiger partial charge in [-0.1, -0.05) is 12.1 Å². The van der Waals surface area contributed by atoms with Crippen LogP contribution in [0, 0.1) is 6.92 Å². The normalized spacial score (nSPS) is 10.4. The topological polar surface area (TPSA) is 72.2 Å². The quantitative estimate of drug-likeness (QED) is 0.938. The minimum absolute atomic E-state index is 0.158. The van der Waals surface area contributed by atoms with Crippen LogP contribution in [0.4, 0.5) is 0 Å². The molecule has 0 spiro atoms. The predicted molar refractivity (Wildman–Crippen MR) is 73.4 cm³/mol. The van der Waals surface area contributed by atoms with Gasteiger partial charge in [0.15, 0.2) is 0 Å².